The minimum Gasteiger partial charge on any atom is -1.00 e. The van der Waals surface area contributed by atoms with E-state index in [1.165, 1.54) is 34.9 Å². The van der Waals surface area contributed by atoms with Crippen LogP contribution in [0.1, 0.15) is 19.3 Å². The molecule has 0 fully saturated rings. The number of halogens is 1. The molecule has 0 heterocycles. The molecule has 3 aromatic rings. The van der Waals surface area contributed by atoms with Gasteiger partial charge < -0.3 is 17.0 Å². The summed E-state index contributed by atoms with van der Waals surface area (Å²) in [6.07, 6.45) is 6.77. The second-order valence-corrected chi connectivity index (χ2v) is 9.94. The van der Waals surface area contributed by atoms with Crippen molar-refractivity contribution in [3.05, 3.63) is 104 Å². The lowest BCUT2D eigenvalue weighted by atomic mass is 10.2. The van der Waals surface area contributed by atoms with Gasteiger partial charge in [-0.2, -0.15) is 0 Å². The van der Waals surface area contributed by atoms with E-state index in [0.717, 1.165) is 6.42 Å². The summed E-state index contributed by atoms with van der Waals surface area (Å²) in [5.41, 5.74) is 0. The maximum absolute atomic E-state index is 3.88. The molecule has 3 rings (SSSR count). The monoisotopic (exact) mass is 424 g/mol. The van der Waals surface area contributed by atoms with Crippen molar-refractivity contribution in [3.8, 4) is 0 Å². The molecule has 3 aromatic carbocycles. The van der Waals surface area contributed by atoms with Gasteiger partial charge in [0.2, 0.25) is 0 Å². The molecule has 0 bridgehead atoms. The Bertz CT molecular complexity index is 672. The maximum atomic E-state index is 3.88. The highest BCUT2D eigenvalue weighted by Crippen LogP contribution is 2.55. The molecule has 0 saturated heterocycles. The summed E-state index contributed by atoms with van der Waals surface area (Å²) in [6, 6.07) is 33.4. The third-order valence-corrected chi connectivity index (χ3v) is 9.27. The second kappa shape index (κ2) is 10.5. The lowest BCUT2D eigenvalue weighted by Crippen LogP contribution is -3.00. The van der Waals surface area contributed by atoms with E-state index in [-0.39, 0.29) is 17.0 Å². The van der Waals surface area contributed by atoms with Gasteiger partial charge >= 0.3 is 0 Å². The van der Waals surface area contributed by atoms with Gasteiger partial charge in [0.15, 0.2) is 0 Å². The molecule has 0 spiro atoms. The Hall–Kier alpha value is -1.69. The first-order valence-corrected chi connectivity index (χ1v) is 11.0. The van der Waals surface area contributed by atoms with Gasteiger partial charge in [-0.25, -0.2) is 0 Å². The highest BCUT2D eigenvalue weighted by molar-refractivity contribution is 7.95. The normalized spacial score (nSPS) is 10.8. The van der Waals surface area contributed by atoms with Gasteiger partial charge in [0.05, 0.1) is 6.16 Å². The van der Waals surface area contributed by atoms with E-state index >= 15 is 0 Å². The molecule has 0 radical (unpaired) electrons. The number of rotatable bonds is 8. The van der Waals surface area contributed by atoms with Crippen molar-refractivity contribution in [1.82, 2.24) is 0 Å². The highest BCUT2D eigenvalue weighted by atomic mass is 79.9. The molecule has 0 unspecified atom stereocenters. The summed E-state index contributed by atoms with van der Waals surface area (Å²) in [5, 5.41) is 4.43. The number of hydrogen-bond donors (Lipinski definition) is 0. The van der Waals surface area contributed by atoms with E-state index in [2.05, 4.69) is 97.6 Å². The average molecular weight is 425 g/mol. The lowest BCUT2D eigenvalue weighted by Gasteiger charge is -2.27. The number of allylic oxidation sites excluding steroid dienone is 1. The lowest BCUT2D eigenvalue weighted by molar-refractivity contribution is -0.00000490. The zero-order valence-electron chi connectivity index (χ0n) is 15.1. The second-order valence-electron chi connectivity index (χ2n) is 6.32. The summed E-state index contributed by atoms with van der Waals surface area (Å²) in [5.74, 6) is 0. The van der Waals surface area contributed by atoms with Crippen molar-refractivity contribution in [2.24, 2.45) is 0 Å². The molecule has 0 aliphatic rings. The molecule has 2 heteroatoms. The van der Waals surface area contributed by atoms with Crippen molar-refractivity contribution in [2.45, 2.75) is 19.3 Å². The minimum absolute atomic E-state index is 0. The van der Waals surface area contributed by atoms with Gasteiger partial charge in [-0.1, -0.05) is 60.7 Å². The summed E-state index contributed by atoms with van der Waals surface area (Å²) in [7, 11) is -1.63. The molecule has 0 N–H and O–H groups in total. The van der Waals surface area contributed by atoms with Crippen LogP contribution < -0.4 is 32.9 Å². The fraction of sp³-hybridized carbons (Fsp3) is 0.167. The Balaban J connectivity index is 0.00000243. The molecule has 134 valence electrons. The van der Waals surface area contributed by atoms with Crippen molar-refractivity contribution in [2.75, 3.05) is 6.16 Å². The van der Waals surface area contributed by atoms with E-state index in [1.54, 1.807) is 0 Å². The van der Waals surface area contributed by atoms with Crippen molar-refractivity contribution in [1.29, 1.82) is 0 Å². The number of unbranched alkanes of at least 4 members (excludes halogenated alkanes) is 2. The average Bonchev–Trinajstić information content (AvgIpc) is 2.70. The summed E-state index contributed by atoms with van der Waals surface area (Å²) in [4.78, 5) is 0. The van der Waals surface area contributed by atoms with Crippen LogP contribution in [0, 0.1) is 0 Å². The van der Waals surface area contributed by atoms with E-state index < -0.39 is 7.26 Å². The first-order chi connectivity index (χ1) is 12.4. The minimum atomic E-state index is -1.63. The summed E-state index contributed by atoms with van der Waals surface area (Å²) in [6.45, 7) is 3.88. The fourth-order valence-corrected chi connectivity index (χ4v) is 7.93. The van der Waals surface area contributed by atoms with Crippen LogP contribution in [-0.2, 0) is 0 Å². The van der Waals surface area contributed by atoms with Crippen LogP contribution in [0.4, 0.5) is 0 Å². The molecule has 0 amide bonds. The zero-order chi connectivity index (χ0) is 17.4. The molecule has 0 nitrogen and oxygen atoms in total. The summed E-state index contributed by atoms with van der Waals surface area (Å²) >= 11 is 0. The zero-order valence-corrected chi connectivity index (χ0v) is 17.6. The van der Waals surface area contributed by atoms with E-state index in [4.69, 9.17) is 0 Å². The van der Waals surface area contributed by atoms with Crippen molar-refractivity contribution in [3.63, 3.8) is 0 Å². The number of benzene rings is 3. The first kappa shape index (κ1) is 20.6. The van der Waals surface area contributed by atoms with Crippen LogP contribution in [0.2, 0.25) is 0 Å². The number of hydrogen-bond acceptors (Lipinski definition) is 0. The Morgan fingerprint density at radius 1 is 0.615 bits per heavy atom. The quantitative estimate of drug-likeness (QED) is 0.295. The molecular weight excluding hydrogens is 399 g/mol. The third-order valence-electron chi connectivity index (χ3n) is 4.74. The van der Waals surface area contributed by atoms with Crippen LogP contribution in [0.5, 0.6) is 0 Å². The van der Waals surface area contributed by atoms with E-state index in [1.807, 2.05) is 6.08 Å². The maximum Gasteiger partial charge on any atom is 0.112 e. The molecule has 0 saturated carbocycles. The Morgan fingerprint density at radius 3 is 1.35 bits per heavy atom. The van der Waals surface area contributed by atoms with Crippen LogP contribution in [0.3, 0.4) is 0 Å². The highest BCUT2D eigenvalue weighted by Gasteiger charge is 2.44. The first-order valence-electron chi connectivity index (χ1n) is 9.04. The predicted molar refractivity (Wildman–Crippen MR) is 114 cm³/mol. The largest absolute Gasteiger partial charge is 1.00 e. The van der Waals surface area contributed by atoms with Gasteiger partial charge in [-0.3, -0.25) is 0 Å². The Kier molecular flexibility index (Phi) is 8.29. The SMILES string of the molecule is C=CCCCC[P+](c1ccccc1)(c1ccccc1)c1ccccc1.[Br-]. The molecule has 26 heavy (non-hydrogen) atoms. The Labute approximate surface area is 169 Å². The van der Waals surface area contributed by atoms with Crippen LogP contribution in [0.25, 0.3) is 0 Å². The van der Waals surface area contributed by atoms with Crippen LogP contribution >= 0.6 is 7.26 Å². The van der Waals surface area contributed by atoms with Gasteiger partial charge in [0, 0.05) is 0 Å². The fourth-order valence-electron chi connectivity index (χ4n) is 3.52. The van der Waals surface area contributed by atoms with Crippen molar-refractivity contribution < 1.29 is 17.0 Å². The predicted octanol–water partition coefficient (Wildman–Crippen LogP) is 2.34. The smallest absolute Gasteiger partial charge is 0.112 e. The molecule has 0 aliphatic heterocycles. The molecular formula is C24H26BrP. The molecule has 0 atom stereocenters. The van der Waals surface area contributed by atoms with Gasteiger partial charge in [-0.05, 0) is 55.7 Å². The van der Waals surface area contributed by atoms with Gasteiger partial charge in [-0.15, -0.1) is 6.58 Å². The van der Waals surface area contributed by atoms with E-state index in [0.29, 0.717) is 0 Å². The third kappa shape index (κ3) is 4.53. The Morgan fingerprint density at radius 2 is 1.00 bits per heavy atom. The van der Waals surface area contributed by atoms with Gasteiger partial charge in [0.25, 0.3) is 0 Å². The van der Waals surface area contributed by atoms with Gasteiger partial charge in [0.1, 0.15) is 23.2 Å². The topological polar surface area (TPSA) is 0 Å². The van der Waals surface area contributed by atoms with Crippen LogP contribution in [-0.4, -0.2) is 6.16 Å². The standard InChI is InChI=1S/C24H26P.BrH/c1-2-3-4-14-21-25(22-15-8-5-9-16-22,23-17-10-6-11-18-23)24-19-12-7-13-20-24;/h2,5-13,15-20H,1,3-4,14,21H2;1H/q+1;/p-1. The molecule has 0 aromatic heterocycles. The van der Waals surface area contributed by atoms with Crippen molar-refractivity contribution >= 4 is 23.2 Å². The molecule has 0 aliphatic carbocycles. The van der Waals surface area contributed by atoms with E-state index in [9.17, 15) is 0 Å². The van der Waals surface area contributed by atoms with Crippen LogP contribution in [0.15, 0.2) is 104 Å². The summed E-state index contributed by atoms with van der Waals surface area (Å²) < 4.78 is 0.